The lowest BCUT2D eigenvalue weighted by atomic mass is 9.86. The number of amides is 1. The van der Waals surface area contributed by atoms with Crippen LogP contribution < -0.4 is 0 Å². The fourth-order valence-corrected chi connectivity index (χ4v) is 4.30. The maximum Gasteiger partial charge on any atom is 0.209 e. The number of carbonyl (C=O) groups excluding carboxylic acids is 1. The molecule has 2 saturated carbocycles. The summed E-state index contributed by atoms with van der Waals surface area (Å²) in [6, 6.07) is 0. The van der Waals surface area contributed by atoms with E-state index in [1.54, 1.807) is 0 Å². The molecule has 0 radical (unpaired) electrons. The molecule has 5 atom stereocenters. The zero-order valence-electron chi connectivity index (χ0n) is 10.1. The molecule has 0 N–H and O–H groups in total. The molecule has 4 heteroatoms. The Hall–Kier alpha value is -1.06. The van der Waals surface area contributed by atoms with Crippen LogP contribution in [0.25, 0.3) is 0 Å². The maximum atomic E-state index is 10.7. The third-order valence-corrected chi connectivity index (χ3v) is 5.33. The number of hydrogen-bond donors (Lipinski definition) is 0. The second kappa shape index (κ2) is 3.03. The quantitative estimate of drug-likeness (QED) is 0.675. The van der Waals surface area contributed by atoms with Gasteiger partial charge in [0, 0.05) is 24.9 Å². The van der Waals surface area contributed by atoms with Gasteiger partial charge in [0.05, 0.1) is 5.71 Å². The lowest BCUT2D eigenvalue weighted by Gasteiger charge is -2.22. The lowest BCUT2D eigenvalue weighted by Crippen LogP contribution is -2.33. The van der Waals surface area contributed by atoms with E-state index in [0.717, 1.165) is 25.9 Å². The SMILES string of the molecule is CC12CCCC1C([C@@H]1[C@@H]3CN(C=O)C[C@@H]31)=NO2. The van der Waals surface area contributed by atoms with Crippen molar-refractivity contribution in [3.05, 3.63) is 0 Å². The normalized spacial score (nSPS) is 50.6. The van der Waals surface area contributed by atoms with Gasteiger partial charge in [-0.3, -0.25) is 4.79 Å². The van der Waals surface area contributed by atoms with Gasteiger partial charge in [-0.25, -0.2) is 0 Å². The molecule has 0 aromatic heterocycles. The third kappa shape index (κ3) is 1.19. The van der Waals surface area contributed by atoms with Crippen molar-refractivity contribution in [3.8, 4) is 0 Å². The topological polar surface area (TPSA) is 41.9 Å². The molecule has 92 valence electrons. The molecule has 2 aliphatic heterocycles. The lowest BCUT2D eigenvalue weighted by molar-refractivity contribution is -0.117. The molecule has 4 rings (SSSR count). The molecule has 0 spiro atoms. The fraction of sp³-hybridized carbons (Fsp3) is 0.846. The van der Waals surface area contributed by atoms with Crippen LogP contribution in [-0.4, -0.2) is 35.7 Å². The van der Waals surface area contributed by atoms with Crippen LogP contribution in [0.1, 0.15) is 26.2 Å². The first-order chi connectivity index (χ1) is 8.23. The summed E-state index contributed by atoms with van der Waals surface area (Å²) in [5, 5.41) is 4.40. The number of rotatable bonds is 2. The molecular formula is C13H18N2O2. The van der Waals surface area contributed by atoms with Crippen LogP contribution in [0.15, 0.2) is 5.16 Å². The van der Waals surface area contributed by atoms with Crippen molar-refractivity contribution in [3.63, 3.8) is 0 Å². The van der Waals surface area contributed by atoms with E-state index >= 15 is 0 Å². The summed E-state index contributed by atoms with van der Waals surface area (Å²) in [5.41, 5.74) is 1.32. The number of carbonyl (C=O) groups is 1. The van der Waals surface area contributed by atoms with Gasteiger partial charge in [-0.15, -0.1) is 0 Å². The number of likely N-dealkylation sites (tertiary alicyclic amines) is 1. The standard InChI is InChI=1S/C13H18N2O2/c1-13-4-2-3-10(13)12(14-17-13)11-8-5-15(7-16)6-9(8)11/h7-11H,2-6H2,1H3/t8-,9+,10?,11-,13?. The Morgan fingerprint density at radius 2 is 2.24 bits per heavy atom. The van der Waals surface area contributed by atoms with Crippen molar-refractivity contribution in [2.75, 3.05) is 13.1 Å². The first kappa shape index (κ1) is 9.92. The minimum absolute atomic E-state index is 0.00341. The Morgan fingerprint density at radius 1 is 1.47 bits per heavy atom. The highest BCUT2D eigenvalue weighted by Gasteiger charge is 2.63. The van der Waals surface area contributed by atoms with E-state index in [4.69, 9.17) is 4.84 Å². The molecule has 2 aliphatic carbocycles. The van der Waals surface area contributed by atoms with Crippen LogP contribution in [-0.2, 0) is 9.63 Å². The van der Waals surface area contributed by atoms with Crippen LogP contribution in [0.2, 0.25) is 0 Å². The highest BCUT2D eigenvalue weighted by Crippen LogP contribution is 2.57. The molecule has 2 heterocycles. The molecule has 1 saturated heterocycles. The van der Waals surface area contributed by atoms with E-state index in [-0.39, 0.29) is 5.60 Å². The van der Waals surface area contributed by atoms with Gasteiger partial charge < -0.3 is 9.74 Å². The van der Waals surface area contributed by atoms with Gasteiger partial charge in [-0.2, -0.15) is 0 Å². The predicted octanol–water partition coefficient (Wildman–Crippen LogP) is 1.27. The van der Waals surface area contributed by atoms with Gasteiger partial charge in [-0.05, 0) is 38.0 Å². The fourth-order valence-electron chi connectivity index (χ4n) is 4.30. The first-order valence-corrected chi connectivity index (χ1v) is 6.68. The second-order valence-electron chi connectivity index (χ2n) is 6.28. The molecular weight excluding hydrogens is 216 g/mol. The first-order valence-electron chi connectivity index (χ1n) is 6.68. The minimum Gasteiger partial charge on any atom is -0.389 e. The van der Waals surface area contributed by atoms with Gasteiger partial charge in [0.15, 0.2) is 0 Å². The van der Waals surface area contributed by atoms with Gasteiger partial charge in [0.2, 0.25) is 6.41 Å². The van der Waals surface area contributed by atoms with Crippen molar-refractivity contribution in [2.45, 2.75) is 31.8 Å². The van der Waals surface area contributed by atoms with Gasteiger partial charge in [0.1, 0.15) is 5.60 Å². The van der Waals surface area contributed by atoms with Gasteiger partial charge >= 0.3 is 0 Å². The van der Waals surface area contributed by atoms with Crippen molar-refractivity contribution in [1.82, 2.24) is 4.90 Å². The van der Waals surface area contributed by atoms with E-state index in [0.29, 0.717) is 23.7 Å². The zero-order chi connectivity index (χ0) is 11.6. The molecule has 0 aromatic carbocycles. The molecule has 4 aliphatic rings. The molecule has 0 bridgehead atoms. The number of oxime groups is 1. The van der Waals surface area contributed by atoms with E-state index in [9.17, 15) is 4.79 Å². The average molecular weight is 234 g/mol. The summed E-state index contributed by atoms with van der Waals surface area (Å²) in [4.78, 5) is 18.3. The Morgan fingerprint density at radius 3 is 2.94 bits per heavy atom. The number of fused-ring (bicyclic) bond motifs is 2. The van der Waals surface area contributed by atoms with E-state index in [2.05, 4.69) is 12.1 Å². The molecule has 1 amide bonds. The number of hydrogen-bond acceptors (Lipinski definition) is 3. The molecule has 17 heavy (non-hydrogen) atoms. The van der Waals surface area contributed by atoms with Gasteiger partial charge in [0.25, 0.3) is 0 Å². The summed E-state index contributed by atoms with van der Waals surface area (Å²) >= 11 is 0. The van der Waals surface area contributed by atoms with Crippen molar-refractivity contribution in [2.24, 2.45) is 28.8 Å². The Balaban J connectivity index is 1.51. The number of piperidine rings is 1. The summed E-state index contributed by atoms with van der Waals surface area (Å²) in [6.45, 7) is 4.07. The summed E-state index contributed by atoms with van der Waals surface area (Å²) in [5.74, 6) is 2.52. The molecule has 2 unspecified atom stereocenters. The monoisotopic (exact) mass is 234 g/mol. The molecule has 0 aromatic rings. The highest BCUT2D eigenvalue weighted by molar-refractivity contribution is 5.94. The van der Waals surface area contributed by atoms with Crippen LogP contribution >= 0.6 is 0 Å². The van der Waals surface area contributed by atoms with E-state index in [1.807, 2.05) is 4.90 Å². The van der Waals surface area contributed by atoms with E-state index in [1.165, 1.54) is 18.6 Å². The summed E-state index contributed by atoms with van der Waals surface area (Å²) in [7, 11) is 0. The van der Waals surface area contributed by atoms with Crippen LogP contribution in [0.4, 0.5) is 0 Å². The zero-order valence-corrected chi connectivity index (χ0v) is 10.1. The second-order valence-corrected chi connectivity index (χ2v) is 6.28. The Bertz CT molecular complexity index is 396. The smallest absolute Gasteiger partial charge is 0.209 e. The summed E-state index contributed by atoms with van der Waals surface area (Å²) < 4.78 is 0. The number of nitrogens with zero attached hydrogens (tertiary/aromatic N) is 2. The predicted molar refractivity (Wildman–Crippen MR) is 62.4 cm³/mol. The maximum absolute atomic E-state index is 10.7. The van der Waals surface area contributed by atoms with Crippen molar-refractivity contribution in [1.29, 1.82) is 0 Å². The van der Waals surface area contributed by atoms with Gasteiger partial charge in [-0.1, -0.05) is 5.16 Å². The average Bonchev–Trinajstić information content (AvgIpc) is 2.73. The highest BCUT2D eigenvalue weighted by atomic mass is 16.7. The Kier molecular flexibility index (Phi) is 1.77. The molecule has 4 nitrogen and oxygen atoms in total. The van der Waals surface area contributed by atoms with Crippen LogP contribution in [0.5, 0.6) is 0 Å². The van der Waals surface area contributed by atoms with Crippen LogP contribution in [0, 0.1) is 23.7 Å². The van der Waals surface area contributed by atoms with E-state index < -0.39 is 0 Å². The molecule has 3 fully saturated rings. The van der Waals surface area contributed by atoms with Crippen LogP contribution in [0.3, 0.4) is 0 Å². The third-order valence-electron chi connectivity index (χ3n) is 5.33. The van der Waals surface area contributed by atoms with Crippen molar-refractivity contribution >= 4 is 12.1 Å². The Labute approximate surface area is 101 Å². The minimum atomic E-state index is -0.00341. The van der Waals surface area contributed by atoms with Crippen molar-refractivity contribution < 1.29 is 9.63 Å². The largest absolute Gasteiger partial charge is 0.389 e. The summed E-state index contributed by atoms with van der Waals surface area (Å²) in [6.07, 6.45) is 4.63.